The van der Waals surface area contributed by atoms with Crippen LogP contribution < -0.4 is 5.32 Å². The molecule has 3 fully saturated rings. The first-order valence-corrected chi connectivity index (χ1v) is 11.3. The molecular weight excluding hydrogens is 481 g/mol. The molecule has 0 radical (unpaired) electrons. The molecule has 0 aromatic carbocycles. The smallest absolute Gasteiger partial charge is 0.239 e. The highest BCUT2D eigenvalue weighted by Crippen LogP contribution is 2.28. The van der Waals surface area contributed by atoms with Crippen LogP contribution >= 0.6 is 24.0 Å². The quantitative estimate of drug-likeness (QED) is 0.329. The molecule has 1 saturated carbocycles. The molecule has 29 heavy (non-hydrogen) atoms. The zero-order valence-corrected chi connectivity index (χ0v) is 20.6. The van der Waals surface area contributed by atoms with Gasteiger partial charge in [-0.25, -0.2) is 0 Å². The van der Waals surface area contributed by atoms with E-state index in [9.17, 15) is 9.90 Å². The number of amides is 1. The van der Waals surface area contributed by atoms with Crippen molar-refractivity contribution in [1.82, 2.24) is 20.0 Å². The number of carbonyl (C=O) groups excluding carboxylic acids is 1. The van der Waals surface area contributed by atoms with Crippen LogP contribution in [0.25, 0.3) is 0 Å². The molecule has 1 aliphatic carbocycles. The second-order valence-electron chi connectivity index (χ2n) is 8.69. The number of piperazine rings is 1. The van der Waals surface area contributed by atoms with E-state index < -0.39 is 5.60 Å². The molecule has 2 N–H and O–H groups in total. The van der Waals surface area contributed by atoms with Crippen molar-refractivity contribution in [2.75, 3.05) is 52.4 Å². The standard InChI is InChI=1S/C21H39N5O2.HI/c1-3-22-20(23-17-21(28)9-5-4-6-10-21)26-15-13-24(14-16-26)18(2)19(27)25-11-7-8-12-25;/h18,28H,3-17H2,1-2H3,(H,22,23);1H. The van der Waals surface area contributed by atoms with Crippen LogP contribution in [0.2, 0.25) is 0 Å². The number of halogens is 1. The minimum Gasteiger partial charge on any atom is -0.388 e. The number of carbonyl (C=O) groups is 1. The van der Waals surface area contributed by atoms with Crippen molar-refractivity contribution >= 4 is 35.8 Å². The molecular formula is C21H40IN5O2. The summed E-state index contributed by atoms with van der Waals surface area (Å²) in [5, 5.41) is 14.2. The predicted octanol–water partition coefficient (Wildman–Crippen LogP) is 1.89. The van der Waals surface area contributed by atoms with Crippen LogP contribution in [0.1, 0.15) is 58.8 Å². The number of aliphatic imine (C=N–C) groups is 1. The molecule has 1 unspecified atom stereocenters. The zero-order valence-electron chi connectivity index (χ0n) is 18.2. The molecule has 3 rings (SSSR count). The van der Waals surface area contributed by atoms with Crippen LogP contribution in [0.15, 0.2) is 4.99 Å². The lowest BCUT2D eigenvalue weighted by Crippen LogP contribution is -2.57. The van der Waals surface area contributed by atoms with Gasteiger partial charge in [0, 0.05) is 45.8 Å². The largest absolute Gasteiger partial charge is 0.388 e. The summed E-state index contributed by atoms with van der Waals surface area (Å²) in [7, 11) is 0. The Labute approximate surface area is 193 Å². The van der Waals surface area contributed by atoms with E-state index in [2.05, 4.69) is 22.0 Å². The van der Waals surface area contributed by atoms with E-state index in [0.717, 1.165) is 90.3 Å². The third-order valence-corrected chi connectivity index (χ3v) is 6.58. The molecule has 2 saturated heterocycles. The van der Waals surface area contributed by atoms with E-state index in [1.807, 2.05) is 11.8 Å². The highest BCUT2D eigenvalue weighted by atomic mass is 127. The van der Waals surface area contributed by atoms with E-state index in [4.69, 9.17) is 4.99 Å². The average Bonchev–Trinajstić information content (AvgIpc) is 3.26. The first-order chi connectivity index (χ1) is 13.5. The fraction of sp³-hybridized carbons (Fsp3) is 0.905. The minimum atomic E-state index is -0.628. The summed E-state index contributed by atoms with van der Waals surface area (Å²) in [6.07, 6.45) is 7.43. The van der Waals surface area contributed by atoms with E-state index >= 15 is 0 Å². The van der Waals surface area contributed by atoms with Gasteiger partial charge < -0.3 is 20.2 Å². The molecule has 1 atom stereocenters. The van der Waals surface area contributed by atoms with Gasteiger partial charge in [0.25, 0.3) is 0 Å². The van der Waals surface area contributed by atoms with Gasteiger partial charge in [-0.05, 0) is 39.5 Å². The fourth-order valence-corrected chi connectivity index (χ4v) is 4.69. The van der Waals surface area contributed by atoms with Crippen molar-refractivity contribution < 1.29 is 9.90 Å². The number of rotatable bonds is 5. The Balaban J connectivity index is 0.00000300. The summed E-state index contributed by atoms with van der Waals surface area (Å²) in [6, 6.07) is -0.0391. The Morgan fingerprint density at radius 1 is 1.00 bits per heavy atom. The molecule has 1 amide bonds. The van der Waals surface area contributed by atoms with Gasteiger partial charge in [0.05, 0.1) is 18.2 Å². The lowest BCUT2D eigenvalue weighted by Gasteiger charge is -2.40. The van der Waals surface area contributed by atoms with Gasteiger partial charge in [-0.1, -0.05) is 19.3 Å². The van der Waals surface area contributed by atoms with E-state index in [0.29, 0.717) is 6.54 Å². The molecule has 0 aromatic heterocycles. The SMILES string of the molecule is CCNC(=NCC1(O)CCCCC1)N1CCN(C(C)C(=O)N2CCCC2)CC1.I. The molecule has 168 valence electrons. The van der Waals surface area contributed by atoms with Crippen molar-refractivity contribution in [3.8, 4) is 0 Å². The highest BCUT2D eigenvalue weighted by molar-refractivity contribution is 14.0. The third kappa shape index (κ3) is 6.69. The lowest BCUT2D eigenvalue weighted by molar-refractivity contribution is -0.135. The molecule has 2 heterocycles. The summed E-state index contributed by atoms with van der Waals surface area (Å²) in [5.41, 5.74) is -0.628. The second kappa shape index (κ2) is 11.7. The van der Waals surface area contributed by atoms with Gasteiger partial charge in [0.15, 0.2) is 5.96 Å². The van der Waals surface area contributed by atoms with E-state index in [1.165, 1.54) is 6.42 Å². The van der Waals surface area contributed by atoms with Gasteiger partial charge in [0.1, 0.15) is 0 Å². The molecule has 2 aliphatic heterocycles. The minimum absolute atomic E-state index is 0. The van der Waals surface area contributed by atoms with Crippen molar-refractivity contribution in [2.45, 2.75) is 70.4 Å². The normalized spacial score (nSPS) is 24.2. The number of aliphatic hydroxyl groups is 1. The maximum absolute atomic E-state index is 12.7. The predicted molar refractivity (Wildman–Crippen MR) is 128 cm³/mol. The zero-order chi connectivity index (χ0) is 20.0. The number of hydrogen-bond donors (Lipinski definition) is 2. The van der Waals surface area contributed by atoms with Crippen LogP contribution in [0.3, 0.4) is 0 Å². The van der Waals surface area contributed by atoms with Crippen LogP contribution in [0.4, 0.5) is 0 Å². The van der Waals surface area contributed by atoms with Crippen molar-refractivity contribution in [3.05, 3.63) is 0 Å². The Morgan fingerprint density at radius 2 is 1.62 bits per heavy atom. The molecule has 0 bridgehead atoms. The molecule has 0 spiro atoms. The van der Waals surface area contributed by atoms with Crippen LogP contribution in [0.5, 0.6) is 0 Å². The Hall–Kier alpha value is -0.610. The third-order valence-electron chi connectivity index (χ3n) is 6.58. The topological polar surface area (TPSA) is 71.4 Å². The van der Waals surface area contributed by atoms with Crippen molar-refractivity contribution in [3.63, 3.8) is 0 Å². The summed E-state index contributed by atoms with van der Waals surface area (Å²) in [5.74, 6) is 1.19. The molecule has 7 nitrogen and oxygen atoms in total. The Morgan fingerprint density at radius 3 is 2.21 bits per heavy atom. The summed E-state index contributed by atoms with van der Waals surface area (Å²) >= 11 is 0. The van der Waals surface area contributed by atoms with Crippen molar-refractivity contribution in [1.29, 1.82) is 0 Å². The lowest BCUT2D eigenvalue weighted by atomic mass is 9.85. The maximum Gasteiger partial charge on any atom is 0.239 e. The van der Waals surface area contributed by atoms with E-state index in [-0.39, 0.29) is 35.9 Å². The van der Waals surface area contributed by atoms with Gasteiger partial charge in [0.2, 0.25) is 5.91 Å². The first-order valence-electron chi connectivity index (χ1n) is 11.3. The second-order valence-corrected chi connectivity index (χ2v) is 8.69. The number of nitrogens with one attached hydrogen (secondary N) is 1. The van der Waals surface area contributed by atoms with Gasteiger partial charge in [-0.3, -0.25) is 14.7 Å². The molecule has 0 aromatic rings. The van der Waals surface area contributed by atoms with Gasteiger partial charge >= 0.3 is 0 Å². The fourth-order valence-electron chi connectivity index (χ4n) is 4.69. The summed E-state index contributed by atoms with van der Waals surface area (Å²) in [6.45, 7) is 10.7. The van der Waals surface area contributed by atoms with E-state index in [1.54, 1.807) is 0 Å². The first kappa shape index (κ1) is 24.7. The maximum atomic E-state index is 12.7. The van der Waals surface area contributed by atoms with Crippen LogP contribution in [-0.4, -0.2) is 95.7 Å². The Kier molecular flexibility index (Phi) is 9.94. The molecule has 8 heteroatoms. The number of likely N-dealkylation sites (tertiary alicyclic amines) is 1. The van der Waals surface area contributed by atoms with Crippen LogP contribution in [0, 0.1) is 0 Å². The monoisotopic (exact) mass is 521 g/mol. The Bertz CT molecular complexity index is 539. The number of guanidine groups is 1. The number of nitrogens with zero attached hydrogens (tertiary/aromatic N) is 4. The summed E-state index contributed by atoms with van der Waals surface area (Å²) in [4.78, 5) is 24.1. The summed E-state index contributed by atoms with van der Waals surface area (Å²) < 4.78 is 0. The number of hydrogen-bond acceptors (Lipinski definition) is 4. The van der Waals surface area contributed by atoms with Gasteiger partial charge in [-0.2, -0.15) is 0 Å². The van der Waals surface area contributed by atoms with Gasteiger partial charge in [-0.15, -0.1) is 24.0 Å². The average molecular weight is 521 g/mol. The highest BCUT2D eigenvalue weighted by Gasteiger charge is 2.32. The van der Waals surface area contributed by atoms with Crippen LogP contribution in [-0.2, 0) is 4.79 Å². The van der Waals surface area contributed by atoms with Crippen molar-refractivity contribution in [2.24, 2.45) is 4.99 Å². The molecule has 3 aliphatic rings.